The number of carbonyl (C=O) groups is 2. The zero-order valence-electron chi connectivity index (χ0n) is 12.7. The molecular formula is C16H21ClO4. The quantitative estimate of drug-likeness (QED) is 0.538. The Morgan fingerprint density at radius 2 is 1.95 bits per heavy atom. The Kier molecular flexibility index (Phi) is 7.23. The summed E-state index contributed by atoms with van der Waals surface area (Å²) in [6.45, 7) is 4.41. The molecule has 0 aliphatic carbocycles. The molecule has 5 heteroatoms. The number of halogens is 1. The SMILES string of the molecule is CCCOc1cc(C)c(Cl)cc1C(=O)CCCC(=O)OC. The number of hydrogen-bond donors (Lipinski definition) is 0. The molecule has 21 heavy (non-hydrogen) atoms. The first kappa shape index (κ1) is 17.5. The number of ether oxygens (including phenoxy) is 2. The van der Waals surface area contributed by atoms with Crippen molar-refractivity contribution in [2.75, 3.05) is 13.7 Å². The van der Waals surface area contributed by atoms with E-state index >= 15 is 0 Å². The highest BCUT2D eigenvalue weighted by molar-refractivity contribution is 6.31. The van der Waals surface area contributed by atoms with Crippen molar-refractivity contribution in [2.45, 2.75) is 39.5 Å². The minimum absolute atomic E-state index is 0.0769. The Balaban J connectivity index is 2.81. The van der Waals surface area contributed by atoms with Crippen molar-refractivity contribution < 1.29 is 19.1 Å². The molecule has 0 bridgehead atoms. The maximum absolute atomic E-state index is 12.3. The largest absolute Gasteiger partial charge is 0.493 e. The van der Waals surface area contributed by atoms with Gasteiger partial charge in [0.2, 0.25) is 0 Å². The second-order valence-electron chi connectivity index (χ2n) is 4.80. The summed E-state index contributed by atoms with van der Waals surface area (Å²) in [5, 5.41) is 0.537. The highest BCUT2D eigenvalue weighted by Crippen LogP contribution is 2.28. The number of carbonyl (C=O) groups excluding carboxylic acids is 2. The Bertz CT molecular complexity index is 511. The van der Waals surface area contributed by atoms with Gasteiger partial charge in [-0.15, -0.1) is 0 Å². The molecule has 0 saturated carbocycles. The number of esters is 1. The van der Waals surface area contributed by atoms with E-state index in [-0.39, 0.29) is 24.6 Å². The zero-order chi connectivity index (χ0) is 15.8. The molecule has 0 aliphatic heterocycles. The van der Waals surface area contributed by atoms with Gasteiger partial charge in [0.15, 0.2) is 5.78 Å². The van der Waals surface area contributed by atoms with E-state index in [1.54, 1.807) is 12.1 Å². The average Bonchev–Trinajstić information content (AvgIpc) is 2.47. The van der Waals surface area contributed by atoms with Crippen LogP contribution in [0.3, 0.4) is 0 Å². The Labute approximate surface area is 130 Å². The third-order valence-corrected chi connectivity index (χ3v) is 3.44. The van der Waals surface area contributed by atoms with Gasteiger partial charge in [-0.2, -0.15) is 0 Å². The lowest BCUT2D eigenvalue weighted by Crippen LogP contribution is -2.07. The van der Waals surface area contributed by atoms with Gasteiger partial charge in [0, 0.05) is 17.9 Å². The molecule has 0 atom stereocenters. The van der Waals surface area contributed by atoms with Crippen LogP contribution in [0.1, 0.15) is 48.5 Å². The molecule has 0 heterocycles. The molecule has 0 fully saturated rings. The maximum Gasteiger partial charge on any atom is 0.305 e. The molecular weight excluding hydrogens is 292 g/mol. The normalized spacial score (nSPS) is 10.3. The van der Waals surface area contributed by atoms with E-state index in [0.29, 0.717) is 29.4 Å². The molecule has 116 valence electrons. The van der Waals surface area contributed by atoms with Gasteiger partial charge in [0.25, 0.3) is 0 Å². The summed E-state index contributed by atoms with van der Waals surface area (Å²) in [4.78, 5) is 23.3. The van der Waals surface area contributed by atoms with Gasteiger partial charge in [0.05, 0.1) is 19.3 Å². The van der Waals surface area contributed by atoms with Gasteiger partial charge in [-0.05, 0) is 37.5 Å². The number of benzene rings is 1. The fourth-order valence-electron chi connectivity index (χ4n) is 1.83. The molecule has 0 radical (unpaired) electrons. The Hall–Kier alpha value is -1.55. The van der Waals surface area contributed by atoms with Gasteiger partial charge >= 0.3 is 5.97 Å². The molecule has 0 saturated heterocycles. The van der Waals surface area contributed by atoms with Crippen molar-refractivity contribution in [3.63, 3.8) is 0 Å². The molecule has 0 unspecified atom stereocenters. The zero-order valence-corrected chi connectivity index (χ0v) is 13.5. The average molecular weight is 313 g/mol. The Morgan fingerprint density at radius 1 is 1.24 bits per heavy atom. The minimum Gasteiger partial charge on any atom is -0.493 e. The summed E-state index contributed by atoms with van der Waals surface area (Å²) in [7, 11) is 1.33. The van der Waals surface area contributed by atoms with Crippen molar-refractivity contribution >= 4 is 23.4 Å². The summed E-state index contributed by atoms with van der Waals surface area (Å²) in [6, 6.07) is 3.42. The van der Waals surface area contributed by atoms with Crippen molar-refractivity contribution in [3.8, 4) is 5.75 Å². The number of Topliss-reactive ketones (excluding diaryl/α,β-unsaturated/α-hetero) is 1. The van der Waals surface area contributed by atoms with E-state index in [1.165, 1.54) is 7.11 Å². The number of hydrogen-bond acceptors (Lipinski definition) is 4. The standard InChI is InChI=1S/C16H21ClO4/c1-4-8-21-15-9-11(2)13(17)10-12(15)14(18)6-5-7-16(19)20-3/h9-10H,4-8H2,1-3H3. The van der Waals surface area contributed by atoms with Crippen LogP contribution in [0.2, 0.25) is 5.02 Å². The van der Waals surface area contributed by atoms with E-state index in [0.717, 1.165) is 12.0 Å². The first-order valence-electron chi connectivity index (χ1n) is 7.02. The lowest BCUT2D eigenvalue weighted by molar-refractivity contribution is -0.140. The van der Waals surface area contributed by atoms with Gasteiger partial charge in [-0.1, -0.05) is 18.5 Å². The lowest BCUT2D eigenvalue weighted by Gasteiger charge is -2.12. The van der Waals surface area contributed by atoms with Crippen molar-refractivity contribution in [2.24, 2.45) is 0 Å². The Morgan fingerprint density at radius 3 is 2.57 bits per heavy atom. The molecule has 0 amide bonds. The molecule has 1 aromatic rings. The van der Waals surface area contributed by atoms with E-state index in [4.69, 9.17) is 16.3 Å². The molecule has 4 nitrogen and oxygen atoms in total. The van der Waals surface area contributed by atoms with Gasteiger partial charge in [-0.3, -0.25) is 9.59 Å². The van der Waals surface area contributed by atoms with Gasteiger partial charge < -0.3 is 9.47 Å². The summed E-state index contributed by atoms with van der Waals surface area (Å²) in [5.41, 5.74) is 1.35. The molecule has 1 aromatic carbocycles. The van der Waals surface area contributed by atoms with Gasteiger partial charge in [0.1, 0.15) is 5.75 Å². The summed E-state index contributed by atoms with van der Waals surface area (Å²) < 4.78 is 10.2. The second kappa shape index (κ2) is 8.67. The summed E-state index contributed by atoms with van der Waals surface area (Å²) in [5.74, 6) is 0.168. The van der Waals surface area contributed by atoms with E-state index in [2.05, 4.69) is 4.74 Å². The van der Waals surface area contributed by atoms with Crippen LogP contribution in [0.25, 0.3) is 0 Å². The molecule has 0 aliphatic rings. The van der Waals surface area contributed by atoms with Crippen LogP contribution in [-0.4, -0.2) is 25.5 Å². The van der Waals surface area contributed by atoms with Crippen LogP contribution in [0, 0.1) is 6.92 Å². The van der Waals surface area contributed by atoms with E-state index < -0.39 is 0 Å². The minimum atomic E-state index is -0.313. The summed E-state index contributed by atoms with van der Waals surface area (Å²) >= 11 is 6.09. The molecule has 0 aromatic heterocycles. The van der Waals surface area contributed by atoms with Crippen molar-refractivity contribution in [1.82, 2.24) is 0 Å². The number of methoxy groups -OCH3 is 1. The smallest absolute Gasteiger partial charge is 0.305 e. The van der Waals surface area contributed by atoms with Crippen LogP contribution < -0.4 is 4.74 Å². The van der Waals surface area contributed by atoms with Crippen LogP contribution in [0.4, 0.5) is 0 Å². The first-order chi connectivity index (χ1) is 9.99. The monoisotopic (exact) mass is 312 g/mol. The van der Waals surface area contributed by atoms with Crippen LogP contribution in [0.15, 0.2) is 12.1 Å². The third kappa shape index (κ3) is 5.38. The molecule has 0 N–H and O–H groups in total. The number of rotatable bonds is 8. The predicted molar refractivity (Wildman–Crippen MR) is 82.2 cm³/mol. The topological polar surface area (TPSA) is 52.6 Å². The highest BCUT2D eigenvalue weighted by Gasteiger charge is 2.15. The fraction of sp³-hybridized carbons (Fsp3) is 0.500. The maximum atomic E-state index is 12.3. The van der Waals surface area contributed by atoms with Crippen LogP contribution in [0.5, 0.6) is 5.75 Å². The molecule has 1 rings (SSSR count). The first-order valence-corrected chi connectivity index (χ1v) is 7.40. The summed E-state index contributed by atoms with van der Waals surface area (Å²) in [6.07, 6.45) is 1.80. The van der Waals surface area contributed by atoms with Crippen molar-refractivity contribution in [3.05, 3.63) is 28.3 Å². The lowest BCUT2D eigenvalue weighted by atomic mass is 10.0. The highest BCUT2D eigenvalue weighted by atomic mass is 35.5. The van der Waals surface area contributed by atoms with Crippen LogP contribution in [-0.2, 0) is 9.53 Å². The molecule has 0 spiro atoms. The third-order valence-electron chi connectivity index (χ3n) is 3.04. The van der Waals surface area contributed by atoms with Gasteiger partial charge in [-0.25, -0.2) is 0 Å². The second-order valence-corrected chi connectivity index (χ2v) is 5.21. The van der Waals surface area contributed by atoms with E-state index in [1.807, 2.05) is 13.8 Å². The van der Waals surface area contributed by atoms with Crippen LogP contribution >= 0.6 is 11.6 Å². The van der Waals surface area contributed by atoms with Crippen molar-refractivity contribution in [1.29, 1.82) is 0 Å². The number of ketones is 1. The van der Waals surface area contributed by atoms with E-state index in [9.17, 15) is 9.59 Å². The fourth-order valence-corrected chi connectivity index (χ4v) is 2.00. The predicted octanol–water partition coefficient (Wildman–Crippen LogP) is 3.96. The number of aryl methyl sites for hydroxylation is 1.